The first-order chi connectivity index (χ1) is 13.7. The number of thioether (sulfide) groups is 1. The van der Waals surface area contributed by atoms with Gasteiger partial charge in [0.2, 0.25) is 0 Å². The van der Waals surface area contributed by atoms with E-state index in [0.29, 0.717) is 11.8 Å². The highest BCUT2D eigenvalue weighted by Crippen LogP contribution is 2.54. The number of rotatable bonds is 3. The van der Waals surface area contributed by atoms with Gasteiger partial charge in [-0.1, -0.05) is 49.0 Å². The van der Waals surface area contributed by atoms with Crippen LogP contribution in [0.2, 0.25) is 0 Å². The second-order valence-corrected chi connectivity index (χ2v) is 9.32. The minimum Gasteiger partial charge on any atom is -0.390 e. The standard InChI is InChI=1S/C21H29N5OS/c1-15-14-23-11-10-21(15,26-24-12-13-27-26)25-19-17(16-6-3-2-4-7-16)8-5-9-18(19)28-20(25)22/h2-4,6-7,12-13,15,17,20,23-24H,5,8-11,14,22H2,1H3. The van der Waals surface area contributed by atoms with E-state index in [-0.39, 0.29) is 11.2 Å². The van der Waals surface area contributed by atoms with E-state index in [0.717, 1.165) is 25.9 Å². The summed E-state index contributed by atoms with van der Waals surface area (Å²) in [4.78, 5) is 9.89. The summed E-state index contributed by atoms with van der Waals surface area (Å²) in [5, 5.41) is 5.48. The molecule has 0 saturated carbocycles. The molecule has 7 heteroatoms. The Balaban J connectivity index is 1.61. The van der Waals surface area contributed by atoms with E-state index >= 15 is 0 Å². The van der Waals surface area contributed by atoms with Crippen molar-refractivity contribution in [3.05, 3.63) is 59.0 Å². The van der Waals surface area contributed by atoms with E-state index < -0.39 is 0 Å². The number of nitrogens with zero attached hydrogens (tertiary/aromatic N) is 2. The second-order valence-electron chi connectivity index (χ2n) is 8.11. The zero-order valence-corrected chi connectivity index (χ0v) is 17.1. The van der Waals surface area contributed by atoms with Crippen LogP contribution < -0.4 is 16.5 Å². The minimum atomic E-state index is -0.331. The fourth-order valence-electron chi connectivity index (χ4n) is 5.30. The molecule has 4 N–H and O–H groups in total. The number of hydrazine groups is 1. The molecule has 1 saturated heterocycles. The van der Waals surface area contributed by atoms with Gasteiger partial charge in [0.25, 0.3) is 0 Å². The molecule has 0 bridgehead atoms. The molecule has 150 valence electrons. The number of hydrogen-bond acceptors (Lipinski definition) is 7. The van der Waals surface area contributed by atoms with Crippen molar-refractivity contribution >= 4 is 11.8 Å². The van der Waals surface area contributed by atoms with Crippen molar-refractivity contribution in [1.29, 1.82) is 0 Å². The van der Waals surface area contributed by atoms with Crippen LogP contribution in [0.5, 0.6) is 0 Å². The molecule has 0 aromatic heterocycles. The van der Waals surface area contributed by atoms with E-state index in [1.165, 1.54) is 29.0 Å². The van der Waals surface area contributed by atoms with Gasteiger partial charge in [0, 0.05) is 35.4 Å². The Labute approximate surface area is 171 Å². The second kappa shape index (κ2) is 7.30. The monoisotopic (exact) mass is 399 g/mol. The maximum Gasteiger partial charge on any atom is 0.155 e. The lowest BCUT2D eigenvalue weighted by Gasteiger charge is -2.55. The zero-order chi connectivity index (χ0) is 19.1. The number of benzene rings is 1. The summed E-state index contributed by atoms with van der Waals surface area (Å²) >= 11 is 1.84. The average molecular weight is 400 g/mol. The molecule has 3 heterocycles. The van der Waals surface area contributed by atoms with Crippen LogP contribution in [0, 0.1) is 5.92 Å². The molecular weight excluding hydrogens is 370 g/mol. The normalized spacial score (nSPS) is 35.6. The molecule has 3 aliphatic heterocycles. The summed E-state index contributed by atoms with van der Waals surface area (Å²) < 4.78 is 0. The third kappa shape index (κ3) is 2.76. The zero-order valence-electron chi connectivity index (χ0n) is 16.3. The lowest BCUT2D eigenvalue weighted by molar-refractivity contribution is -0.266. The van der Waals surface area contributed by atoms with Gasteiger partial charge in [-0.15, -0.1) is 0 Å². The maximum atomic E-state index is 6.82. The van der Waals surface area contributed by atoms with Gasteiger partial charge in [0.05, 0.1) is 6.20 Å². The third-order valence-corrected chi connectivity index (χ3v) is 7.75. The van der Waals surface area contributed by atoms with Gasteiger partial charge >= 0.3 is 0 Å². The third-order valence-electron chi connectivity index (χ3n) is 6.60. The van der Waals surface area contributed by atoms with Gasteiger partial charge in [0.1, 0.15) is 11.8 Å². The van der Waals surface area contributed by atoms with Gasteiger partial charge in [-0.25, -0.2) is 0 Å². The van der Waals surface area contributed by atoms with E-state index in [1.54, 1.807) is 6.26 Å². The van der Waals surface area contributed by atoms with Crippen LogP contribution in [0.15, 0.2) is 53.4 Å². The Morgan fingerprint density at radius 2 is 2.14 bits per heavy atom. The quantitative estimate of drug-likeness (QED) is 0.722. The number of hydrogen-bond donors (Lipinski definition) is 3. The Hall–Kier alpha value is -1.67. The molecule has 0 spiro atoms. The van der Waals surface area contributed by atoms with Crippen molar-refractivity contribution in [2.75, 3.05) is 13.1 Å². The first kappa shape index (κ1) is 18.4. The molecule has 28 heavy (non-hydrogen) atoms. The topological polar surface area (TPSA) is 65.8 Å². The first-order valence-electron chi connectivity index (χ1n) is 10.3. The highest BCUT2D eigenvalue weighted by molar-refractivity contribution is 8.03. The van der Waals surface area contributed by atoms with Crippen LogP contribution in [-0.4, -0.2) is 34.3 Å². The molecule has 5 rings (SSSR count). The lowest BCUT2D eigenvalue weighted by atomic mass is 9.80. The van der Waals surface area contributed by atoms with E-state index in [9.17, 15) is 0 Å². The van der Waals surface area contributed by atoms with Crippen LogP contribution in [0.1, 0.15) is 44.1 Å². The van der Waals surface area contributed by atoms with Crippen LogP contribution in [0.4, 0.5) is 0 Å². The average Bonchev–Trinajstić information content (AvgIpc) is 3.37. The maximum absolute atomic E-state index is 6.82. The van der Waals surface area contributed by atoms with Crippen molar-refractivity contribution in [3.63, 3.8) is 0 Å². The number of allylic oxidation sites excluding steroid dienone is 2. The van der Waals surface area contributed by atoms with Gasteiger partial charge < -0.3 is 20.8 Å². The van der Waals surface area contributed by atoms with Gasteiger partial charge in [0.15, 0.2) is 5.66 Å². The Morgan fingerprint density at radius 1 is 1.29 bits per heavy atom. The molecule has 0 amide bonds. The number of piperidine rings is 1. The van der Waals surface area contributed by atoms with Crippen LogP contribution in [-0.2, 0) is 4.84 Å². The number of hydroxylamine groups is 1. The Bertz CT molecular complexity index is 776. The summed E-state index contributed by atoms with van der Waals surface area (Å²) in [6.45, 7) is 4.18. The molecule has 4 atom stereocenters. The molecule has 0 radical (unpaired) electrons. The molecule has 1 fully saturated rings. The van der Waals surface area contributed by atoms with Gasteiger partial charge in [-0.3, -0.25) is 5.43 Å². The fraction of sp³-hybridized carbons (Fsp3) is 0.524. The number of nitrogens with two attached hydrogens (primary N) is 1. The summed E-state index contributed by atoms with van der Waals surface area (Å²) in [6.07, 6.45) is 8.03. The fourth-order valence-corrected chi connectivity index (χ4v) is 6.62. The molecule has 6 nitrogen and oxygen atoms in total. The Morgan fingerprint density at radius 3 is 2.89 bits per heavy atom. The van der Waals surface area contributed by atoms with Gasteiger partial charge in [-0.2, -0.15) is 0 Å². The van der Waals surface area contributed by atoms with E-state index in [4.69, 9.17) is 10.6 Å². The molecule has 1 aliphatic carbocycles. The van der Waals surface area contributed by atoms with E-state index in [2.05, 4.69) is 52.9 Å². The number of nitrogens with one attached hydrogen (secondary N) is 2. The van der Waals surface area contributed by atoms with Crippen molar-refractivity contribution in [2.45, 2.75) is 49.7 Å². The molecule has 4 aliphatic rings. The SMILES string of the molecule is CC1CNCCC1(N1NC=CO1)N1C2=C(CCCC2c2ccccc2)SC1N. The van der Waals surface area contributed by atoms with E-state index in [1.807, 2.05) is 23.1 Å². The Kier molecular flexibility index (Phi) is 4.79. The van der Waals surface area contributed by atoms with Crippen LogP contribution in [0.3, 0.4) is 0 Å². The van der Waals surface area contributed by atoms with Crippen molar-refractivity contribution in [1.82, 2.24) is 20.8 Å². The summed E-state index contributed by atoms with van der Waals surface area (Å²) in [7, 11) is 0. The molecular formula is C21H29N5OS. The summed E-state index contributed by atoms with van der Waals surface area (Å²) in [6, 6.07) is 10.9. The lowest BCUT2D eigenvalue weighted by Crippen LogP contribution is -2.71. The summed E-state index contributed by atoms with van der Waals surface area (Å²) in [5.41, 5.74) is 12.5. The summed E-state index contributed by atoms with van der Waals surface area (Å²) in [5.74, 6) is 0.728. The predicted octanol–water partition coefficient (Wildman–Crippen LogP) is 3.01. The molecule has 1 aromatic carbocycles. The largest absolute Gasteiger partial charge is 0.390 e. The van der Waals surface area contributed by atoms with Crippen LogP contribution in [0.25, 0.3) is 0 Å². The van der Waals surface area contributed by atoms with Crippen molar-refractivity contribution < 1.29 is 4.84 Å². The molecule has 4 unspecified atom stereocenters. The van der Waals surface area contributed by atoms with Crippen molar-refractivity contribution in [3.8, 4) is 0 Å². The van der Waals surface area contributed by atoms with Crippen LogP contribution >= 0.6 is 11.8 Å². The first-order valence-corrected chi connectivity index (χ1v) is 11.2. The predicted molar refractivity (Wildman–Crippen MR) is 112 cm³/mol. The van der Waals surface area contributed by atoms with Crippen molar-refractivity contribution in [2.24, 2.45) is 11.7 Å². The molecule has 1 aromatic rings. The smallest absolute Gasteiger partial charge is 0.155 e. The van der Waals surface area contributed by atoms with Gasteiger partial charge in [-0.05, 0) is 36.5 Å². The highest BCUT2D eigenvalue weighted by Gasteiger charge is 2.56. The minimum absolute atomic E-state index is 0.0964. The highest BCUT2D eigenvalue weighted by atomic mass is 32.2.